The van der Waals surface area contributed by atoms with Crippen LogP contribution < -0.4 is 9.64 Å². The number of fused-ring (bicyclic) bond motifs is 1. The molecule has 2 unspecified atom stereocenters. The second-order valence-corrected chi connectivity index (χ2v) is 7.47. The Morgan fingerprint density at radius 2 is 2.21 bits per heavy atom. The molecule has 0 saturated carbocycles. The quantitative estimate of drug-likeness (QED) is 0.594. The minimum Gasteiger partial charge on any atom is -0.495 e. The molecule has 2 atom stereocenters. The van der Waals surface area contributed by atoms with Crippen molar-refractivity contribution >= 4 is 34.5 Å². The second-order valence-electron chi connectivity index (χ2n) is 7.06. The van der Waals surface area contributed by atoms with Crippen molar-refractivity contribution < 1.29 is 13.9 Å². The van der Waals surface area contributed by atoms with Crippen molar-refractivity contribution in [1.82, 2.24) is 19.7 Å². The Labute approximate surface area is 172 Å². The normalized spacial score (nSPS) is 18.8. The predicted molar refractivity (Wildman–Crippen MR) is 109 cm³/mol. The van der Waals surface area contributed by atoms with E-state index in [-0.39, 0.29) is 11.1 Å². The molecule has 0 spiro atoms. The summed E-state index contributed by atoms with van der Waals surface area (Å²) in [5.41, 5.74) is 1.18. The van der Waals surface area contributed by atoms with Gasteiger partial charge >= 0.3 is 0 Å². The van der Waals surface area contributed by atoms with E-state index in [1.807, 2.05) is 24.1 Å². The Morgan fingerprint density at radius 1 is 1.38 bits per heavy atom. The molecule has 1 fully saturated rings. The molecule has 152 valence electrons. The van der Waals surface area contributed by atoms with Crippen molar-refractivity contribution in [2.45, 2.75) is 19.1 Å². The molecule has 1 aliphatic rings. The van der Waals surface area contributed by atoms with Gasteiger partial charge in [-0.2, -0.15) is 5.10 Å². The van der Waals surface area contributed by atoms with Crippen LogP contribution in [0.1, 0.15) is 13.1 Å². The highest BCUT2D eigenvalue weighted by Gasteiger charge is 2.32. The summed E-state index contributed by atoms with van der Waals surface area (Å²) < 4.78 is 21.4. The van der Waals surface area contributed by atoms with E-state index < -0.39 is 12.0 Å². The summed E-state index contributed by atoms with van der Waals surface area (Å²) in [6.45, 7) is 3.69. The topological polar surface area (TPSA) is 63.5 Å². The largest absolute Gasteiger partial charge is 0.495 e. The number of aromatic nitrogens is 3. The minimum atomic E-state index is -0.538. The highest BCUT2D eigenvalue weighted by Crippen LogP contribution is 2.34. The number of aldehydes is 1. The third kappa shape index (κ3) is 3.65. The summed E-state index contributed by atoms with van der Waals surface area (Å²) in [4.78, 5) is 20.0. The number of carbonyl (C=O) groups is 1. The molecule has 2 aromatic heterocycles. The summed E-state index contributed by atoms with van der Waals surface area (Å²) >= 11 is 6.01. The molecule has 1 saturated heterocycles. The molecule has 3 aromatic rings. The Hall–Kier alpha value is -2.71. The van der Waals surface area contributed by atoms with Crippen LogP contribution in [0.25, 0.3) is 10.9 Å². The van der Waals surface area contributed by atoms with Gasteiger partial charge in [0.2, 0.25) is 0 Å². The smallest absolute Gasteiger partial charge is 0.160 e. The number of hydrogen-bond donors (Lipinski definition) is 0. The zero-order valence-electron chi connectivity index (χ0n) is 16.1. The Kier molecular flexibility index (Phi) is 5.38. The molecule has 3 heterocycles. The van der Waals surface area contributed by atoms with Crippen molar-refractivity contribution in [3.63, 3.8) is 0 Å². The van der Waals surface area contributed by atoms with Crippen molar-refractivity contribution in [1.29, 1.82) is 0 Å². The Bertz CT molecular complexity index is 1010. The third-order valence-corrected chi connectivity index (χ3v) is 5.60. The van der Waals surface area contributed by atoms with Gasteiger partial charge in [-0.1, -0.05) is 11.6 Å². The van der Waals surface area contributed by atoms with Crippen LogP contribution >= 0.6 is 11.6 Å². The van der Waals surface area contributed by atoms with Gasteiger partial charge in [-0.05, 0) is 19.1 Å². The average Bonchev–Trinajstić information content (AvgIpc) is 3.13. The number of carbonyl (C=O) groups excluding carboxylic acids is 1. The van der Waals surface area contributed by atoms with Crippen molar-refractivity contribution in [3.05, 3.63) is 47.6 Å². The lowest BCUT2D eigenvalue weighted by atomic mass is 10.1. The molecule has 0 aliphatic carbocycles. The van der Waals surface area contributed by atoms with E-state index in [9.17, 15) is 9.18 Å². The van der Waals surface area contributed by atoms with Gasteiger partial charge in [-0.3, -0.25) is 14.7 Å². The van der Waals surface area contributed by atoms with Crippen LogP contribution in [0.4, 0.5) is 10.1 Å². The average molecular weight is 418 g/mol. The number of ether oxygens (including phenoxy) is 1. The minimum absolute atomic E-state index is 0.00883. The zero-order chi connectivity index (χ0) is 20.5. The van der Waals surface area contributed by atoms with Gasteiger partial charge in [0.25, 0.3) is 0 Å². The molecule has 0 N–H and O–H groups in total. The van der Waals surface area contributed by atoms with Crippen LogP contribution in [0.3, 0.4) is 0 Å². The maximum Gasteiger partial charge on any atom is 0.160 e. The fraction of sp³-hybridized carbons (Fsp3) is 0.350. The van der Waals surface area contributed by atoms with Gasteiger partial charge in [0, 0.05) is 49.5 Å². The maximum absolute atomic E-state index is 14.5. The van der Waals surface area contributed by atoms with Crippen LogP contribution in [0.5, 0.6) is 5.75 Å². The first-order chi connectivity index (χ1) is 14.0. The van der Waals surface area contributed by atoms with E-state index in [0.717, 1.165) is 17.2 Å². The third-order valence-electron chi connectivity index (χ3n) is 5.30. The summed E-state index contributed by atoms with van der Waals surface area (Å²) in [6, 6.07) is 4.73. The van der Waals surface area contributed by atoms with E-state index in [0.29, 0.717) is 31.1 Å². The van der Waals surface area contributed by atoms with E-state index in [1.165, 1.54) is 13.2 Å². The highest BCUT2D eigenvalue weighted by molar-refractivity contribution is 6.32. The van der Waals surface area contributed by atoms with Crippen LogP contribution in [-0.4, -0.2) is 58.7 Å². The van der Waals surface area contributed by atoms with Gasteiger partial charge in [-0.25, -0.2) is 9.07 Å². The standard InChI is InChI=1S/C20H21ClFN5O2/c1-13-10-25(18-8-19(29-2)15(21)7-16(18)22)5-6-26(13)20(12-28)27-11-14-3-4-23-9-17(14)24-27/h3-4,7-9,11-13,20H,5-6,10H2,1-2H3. The molecule has 1 aromatic carbocycles. The van der Waals surface area contributed by atoms with Gasteiger partial charge < -0.3 is 9.64 Å². The lowest BCUT2D eigenvalue weighted by Gasteiger charge is -2.43. The fourth-order valence-electron chi connectivity index (χ4n) is 3.81. The first kappa shape index (κ1) is 19.6. The summed E-state index contributed by atoms with van der Waals surface area (Å²) in [7, 11) is 1.50. The first-order valence-electron chi connectivity index (χ1n) is 9.29. The second kappa shape index (κ2) is 7.96. The highest BCUT2D eigenvalue weighted by atomic mass is 35.5. The van der Waals surface area contributed by atoms with E-state index in [4.69, 9.17) is 16.3 Å². The van der Waals surface area contributed by atoms with Crippen LogP contribution in [0.15, 0.2) is 36.8 Å². The lowest BCUT2D eigenvalue weighted by molar-refractivity contribution is -0.117. The Balaban J connectivity index is 1.56. The molecule has 7 nitrogen and oxygen atoms in total. The SMILES string of the molecule is COc1cc(N2CCN(C(C=O)n3cc4ccncc4n3)C(C)C2)c(F)cc1Cl. The number of benzene rings is 1. The van der Waals surface area contributed by atoms with Gasteiger partial charge in [-0.15, -0.1) is 0 Å². The van der Waals surface area contributed by atoms with Crippen LogP contribution in [0.2, 0.25) is 5.02 Å². The van der Waals surface area contributed by atoms with Gasteiger partial charge in [0.05, 0.1) is 24.0 Å². The number of rotatable bonds is 5. The zero-order valence-corrected chi connectivity index (χ0v) is 16.9. The van der Waals surface area contributed by atoms with E-state index >= 15 is 0 Å². The number of hydrogen-bond acceptors (Lipinski definition) is 6. The number of anilines is 1. The summed E-state index contributed by atoms with van der Waals surface area (Å²) in [5, 5.41) is 5.66. The molecule has 0 radical (unpaired) electrons. The summed E-state index contributed by atoms with van der Waals surface area (Å²) in [5.74, 6) is 0.0370. The molecule has 29 heavy (non-hydrogen) atoms. The lowest BCUT2D eigenvalue weighted by Crippen LogP contribution is -2.54. The number of nitrogens with zero attached hydrogens (tertiary/aromatic N) is 5. The molecule has 4 rings (SSSR count). The van der Waals surface area contributed by atoms with E-state index in [2.05, 4.69) is 15.0 Å². The number of halogens is 2. The predicted octanol–water partition coefficient (Wildman–Crippen LogP) is 3.14. The maximum atomic E-state index is 14.5. The van der Waals surface area contributed by atoms with Crippen LogP contribution in [-0.2, 0) is 4.79 Å². The molecule has 0 amide bonds. The van der Waals surface area contributed by atoms with E-state index in [1.54, 1.807) is 23.1 Å². The fourth-order valence-corrected chi connectivity index (χ4v) is 4.04. The van der Waals surface area contributed by atoms with Gasteiger partial charge in [0.15, 0.2) is 12.5 Å². The first-order valence-corrected chi connectivity index (χ1v) is 9.67. The van der Waals surface area contributed by atoms with Gasteiger partial charge in [0.1, 0.15) is 17.1 Å². The molecular formula is C20H21ClFN5O2. The number of methoxy groups -OCH3 is 1. The molecular weight excluding hydrogens is 397 g/mol. The number of piperazine rings is 1. The Morgan fingerprint density at radius 3 is 2.90 bits per heavy atom. The monoisotopic (exact) mass is 417 g/mol. The van der Waals surface area contributed by atoms with Crippen molar-refractivity contribution in [2.75, 3.05) is 31.6 Å². The molecule has 0 bridgehead atoms. The van der Waals surface area contributed by atoms with Crippen molar-refractivity contribution in [2.24, 2.45) is 0 Å². The molecule has 9 heteroatoms. The molecule has 1 aliphatic heterocycles. The summed E-state index contributed by atoms with van der Waals surface area (Å²) in [6.07, 6.45) is 5.56. The van der Waals surface area contributed by atoms with Crippen molar-refractivity contribution in [3.8, 4) is 5.75 Å². The van der Waals surface area contributed by atoms with Crippen LogP contribution in [0, 0.1) is 5.82 Å². The number of pyridine rings is 1.